The van der Waals surface area contributed by atoms with Gasteiger partial charge in [0.2, 0.25) is 0 Å². The zero-order valence-corrected chi connectivity index (χ0v) is 11.3. The lowest BCUT2D eigenvalue weighted by Gasteiger charge is -2.12. The molecule has 0 saturated carbocycles. The van der Waals surface area contributed by atoms with Crippen LogP contribution in [-0.4, -0.2) is 17.8 Å². The third kappa shape index (κ3) is 6.39. The Balaban J connectivity index is 0.00000121. The fourth-order valence-electron chi connectivity index (χ4n) is 1.38. The van der Waals surface area contributed by atoms with Gasteiger partial charge in [-0.05, 0) is 31.9 Å². The summed E-state index contributed by atoms with van der Waals surface area (Å²) >= 11 is 0. The maximum absolute atomic E-state index is 13.4. The summed E-state index contributed by atoms with van der Waals surface area (Å²) in [4.78, 5) is 0. The minimum Gasteiger partial charge on any atom is -0.396 e. The van der Waals surface area contributed by atoms with Crippen LogP contribution in [0.25, 0.3) is 0 Å². The first-order valence-corrected chi connectivity index (χ1v) is 6.22. The van der Waals surface area contributed by atoms with Gasteiger partial charge < -0.3 is 10.4 Å². The molecule has 0 bridgehead atoms. The van der Waals surface area contributed by atoms with Crippen LogP contribution in [0.15, 0.2) is 18.2 Å². The third-order valence-corrected chi connectivity index (χ3v) is 2.41. The van der Waals surface area contributed by atoms with E-state index in [9.17, 15) is 4.39 Å². The minimum atomic E-state index is -0.168. The molecule has 1 aromatic rings. The highest BCUT2D eigenvalue weighted by Gasteiger charge is 2.04. The Bertz CT molecular complexity index is 315. The molecule has 0 aromatic heterocycles. The van der Waals surface area contributed by atoms with Crippen LogP contribution < -0.4 is 5.32 Å². The minimum absolute atomic E-state index is 0.157. The summed E-state index contributed by atoms with van der Waals surface area (Å²) in [5.74, 6) is -0.168. The lowest BCUT2D eigenvalue weighted by molar-refractivity contribution is 0.268. The van der Waals surface area contributed by atoms with Gasteiger partial charge in [-0.25, -0.2) is 4.39 Å². The monoisotopic (exact) mass is 241 g/mol. The molecule has 0 aliphatic rings. The number of benzene rings is 1. The Morgan fingerprint density at radius 3 is 2.53 bits per heavy atom. The molecule has 0 spiro atoms. The van der Waals surface area contributed by atoms with Crippen LogP contribution in [0.4, 0.5) is 4.39 Å². The molecular weight excluding hydrogens is 217 g/mol. The van der Waals surface area contributed by atoms with Crippen molar-refractivity contribution in [1.29, 1.82) is 0 Å². The van der Waals surface area contributed by atoms with Gasteiger partial charge in [0.25, 0.3) is 0 Å². The van der Waals surface area contributed by atoms with Gasteiger partial charge in [0.05, 0.1) is 0 Å². The highest BCUT2D eigenvalue weighted by molar-refractivity contribution is 5.23. The maximum atomic E-state index is 13.4. The van der Waals surface area contributed by atoms with Crippen molar-refractivity contribution in [3.8, 4) is 0 Å². The van der Waals surface area contributed by atoms with Crippen LogP contribution in [-0.2, 0) is 6.54 Å². The molecule has 0 fully saturated rings. The summed E-state index contributed by atoms with van der Waals surface area (Å²) in [6.07, 6.45) is 0.688. The van der Waals surface area contributed by atoms with E-state index in [4.69, 9.17) is 5.11 Å². The smallest absolute Gasteiger partial charge is 0.127 e. The first kappa shape index (κ1) is 16.1. The summed E-state index contributed by atoms with van der Waals surface area (Å²) in [6, 6.07) is 5.43. The van der Waals surface area contributed by atoms with E-state index < -0.39 is 0 Å². The van der Waals surface area contributed by atoms with Gasteiger partial charge in [-0.1, -0.05) is 26.0 Å². The van der Waals surface area contributed by atoms with Crippen LogP contribution in [0.1, 0.15) is 38.3 Å². The van der Waals surface area contributed by atoms with Crippen molar-refractivity contribution in [1.82, 2.24) is 5.32 Å². The summed E-state index contributed by atoms with van der Waals surface area (Å²) in [5, 5.41) is 11.9. The summed E-state index contributed by atoms with van der Waals surface area (Å²) in [6.45, 7) is 8.51. The van der Waals surface area contributed by atoms with Gasteiger partial charge in [0.15, 0.2) is 0 Å². The Labute approximate surface area is 104 Å². The Kier molecular flexibility index (Phi) is 8.64. The van der Waals surface area contributed by atoms with Crippen molar-refractivity contribution in [2.45, 2.75) is 46.7 Å². The average molecular weight is 241 g/mol. The molecule has 2 nitrogen and oxygen atoms in total. The second-order valence-corrected chi connectivity index (χ2v) is 3.89. The molecule has 1 atom stereocenters. The number of hydrogen-bond donors (Lipinski definition) is 2. The number of aliphatic hydroxyl groups is 1. The molecule has 17 heavy (non-hydrogen) atoms. The SMILES string of the molecule is CC.Cc1ccc(CNC(C)CCO)c(F)c1. The quantitative estimate of drug-likeness (QED) is 0.830. The third-order valence-electron chi connectivity index (χ3n) is 2.41. The largest absolute Gasteiger partial charge is 0.396 e. The zero-order chi connectivity index (χ0) is 13.3. The number of halogens is 1. The number of aliphatic hydroxyl groups excluding tert-OH is 1. The van der Waals surface area contributed by atoms with E-state index in [1.807, 2.05) is 33.8 Å². The molecule has 0 saturated heterocycles. The second kappa shape index (κ2) is 9.14. The van der Waals surface area contributed by atoms with E-state index >= 15 is 0 Å². The number of nitrogens with one attached hydrogen (secondary N) is 1. The molecule has 0 radical (unpaired) electrons. The molecule has 2 N–H and O–H groups in total. The fraction of sp³-hybridized carbons (Fsp3) is 0.571. The number of aryl methyl sites for hydroxylation is 1. The van der Waals surface area contributed by atoms with Crippen LogP contribution in [0.5, 0.6) is 0 Å². The van der Waals surface area contributed by atoms with Crippen molar-refractivity contribution in [3.05, 3.63) is 35.1 Å². The Hall–Kier alpha value is -0.930. The predicted octanol–water partition coefficient (Wildman–Crippen LogP) is 3.02. The first-order chi connectivity index (χ1) is 8.13. The van der Waals surface area contributed by atoms with Gasteiger partial charge in [0, 0.05) is 24.8 Å². The zero-order valence-electron chi connectivity index (χ0n) is 11.3. The standard InChI is InChI=1S/C12H18FNO.C2H6/c1-9-3-4-11(12(13)7-9)8-14-10(2)5-6-15;1-2/h3-4,7,10,14-15H,5-6,8H2,1-2H3;1-2H3. The number of hydrogen-bond acceptors (Lipinski definition) is 2. The lowest BCUT2D eigenvalue weighted by atomic mass is 10.1. The van der Waals surface area contributed by atoms with Gasteiger partial charge in [0.1, 0.15) is 5.82 Å². The average Bonchev–Trinajstić information content (AvgIpc) is 2.31. The maximum Gasteiger partial charge on any atom is 0.127 e. The molecule has 1 aromatic carbocycles. The van der Waals surface area contributed by atoms with E-state index in [1.165, 1.54) is 6.07 Å². The van der Waals surface area contributed by atoms with Crippen LogP contribution in [0, 0.1) is 12.7 Å². The van der Waals surface area contributed by atoms with Gasteiger partial charge >= 0.3 is 0 Å². The van der Waals surface area contributed by atoms with Crippen molar-refractivity contribution < 1.29 is 9.50 Å². The normalized spacial score (nSPS) is 11.6. The van der Waals surface area contributed by atoms with Crippen molar-refractivity contribution >= 4 is 0 Å². The van der Waals surface area contributed by atoms with Crippen LogP contribution in [0.3, 0.4) is 0 Å². The molecule has 0 amide bonds. The van der Waals surface area contributed by atoms with Crippen LogP contribution in [0.2, 0.25) is 0 Å². The predicted molar refractivity (Wildman–Crippen MR) is 70.5 cm³/mol. The lowest BCUT2D eigenvalue weighted by Crippen LogP contribution is -2.26. The van der Waals surface area contributed by atoms with E-state index in [0.29, 0.717) is 18.5 Å². The second-order valence-electron chi connectivity index (χ2n) is 3.89. The van der Waals surface area contributed by atoms with Crippen LogP contribution >= 0.6 is 0 Å². The van der Waals surface area contributed by atoms with E-state index in [0.717, 1.165) is 5.56 Å². The molecule has 0 heterocycles. The van der Waals surface area contributed by atoms with E-state index in [2.05, 4.69) is 5.32 Å². The topological polar surface area (TPSA) is 32.3 Å². The number of rotatable bonds is 5. The van der Waals surface area contributed by atoms with Gasteiger partial charge in [-0.3, -0.25) is 0 Å². The molecule has 3 heteroatoms. The first-order valence-electron chi connectivity index (χ1n) is 6.22. The molecule has 0 aliphatic heterocycles. The van der Waals surface area contributed by atoms with Crippen molar-refractivity contribution in [2.75, 3.05) is 6.61 Å². The van der Waals surface area contributed by atoms with Gasteiger partial charge in [-0.2, -0.15) is 0 Å². The Morgan fingerprint density at radius 2 is 2.00 bits per heavy atom. The Morgan fingerprint density at radius 1 is 1.35 bits per heavy atom. The molecule has 0 aliphatic carbocycles. The molecular formula is C14H24FNO. The fourth-order valence-corrected chi connectivity index (χ4v) is 1.38. The molecule has 98 valence electrons. The summed E-state index contributed by atoms with van der Waals surface area (Å²) < 4.78 is 13.4. The molecule has 1 unspecified atom stereocenters. The molecule has 1 rings (SSSR count). The summed E-state index contributed by atoms with van der Waals surface area (Å²) in [7, 11) is 0. The van der Waals surface area contributed by atoms with E-state index in [1.54, 1.807) is 6.07 Å². The highest BCUT2D eigenvalue weighted by atomic mass is 19.1. The van der Waals surface area contributed by atoms with Crippen molar-refractivity contribution in [2.24, 2.45) is 0 Å². The van der Waals surface area contributed by atoms with Gasteiger partial charge in [-0.15, -0.1) is 0 Å². The van der Waals surface area contributed by atoms with Crippen molar-refractivity contribution in [3.63, 3.8) is 0 Å². The highest BCUT2D eigenvalue weighted by Crippen LogP contribution is 2.09. The summed E-state index contributed by atoms with van der Waals surface area (Å²) in [5.41, 5.74) is 1.60. The van der Waals surface area contributed by atoms with E-state index in [-0.39, 0.29) is 18.5 Å².